The summed E-state index contributed by atoms with van der Waals surface area (Å²) in [5.41, 5.74) is 0. The van der Waals surface area contributed by atoms with Crippen molar-refractivity contribution in [2.45, 2.75) is 13.8 Å². The standard InChI is InChI=1S/C4H10N.Hf/c1-3-5-4-2;/h3-4H2,1-2H3;/q-1;+1. The molecule has 0 unspecified atom stereocenters. The van der Waals surface area contributed by atoms with E-state index < -0.39 is 0 Å². The van der Waals surface area contributed by atoms with Gasteiger partial charge < -0.3 is 0 Å². The van der Waals surface area contributed by atoms with Crippen LogP contribution in [-0.2, 0) is 24.7 Å². The van der Waals surface area contributed by atoms with Gasteiger partial charge in [0.25, 0.3) is 0 Å². The van der Waals surface area contributed by atoms with Crippen LogP contribution < -0.4 is 0 Å². The van der Waals surface area contributed by atoms with Gasteiger partial charge in [-0.05, 0) is 0 Å². The maximum absolute atomic E-state index is 2.39. The van der Waals surface area contributed by atoms with Crippen LogP contribution in [0, 0.1) is 0 Å². The van der Waals surface area contributed by atoms with Gasteiger partial charge in [-0.3, -0.25) is 0 Å². The number of rotatable bonds is 2. The van der Waals surface area contributed by atoms with Gasteiger partial charge in [0.05, 0.1) is 0 Å². The molecule has 0 saturated carbocycles. The second kappa shape index (κ2) is 4.00. The predicted molar refractivity (Wildman–Crippen MR) is 22.9 cm³/mol. The molecule has 0 aliphatic rings. The van der Waals surface area contributed by atoms with Gasteiger partial charge >= 0.3 is 54.5 Å². The van der Waals surface area contributed by atoms with Crippen LogP contribution in [0.2, 0.25) is 0 Å². The van der Waals surface area contributed by atoms with Gasteiger partial charge in [0.2, 0.25) is 0 Å². The monoisotopic (exact) mass is 252 g/mol. The van der Waals surface area contributed by atoms with E-state index in [4.69, 9.17) is 0 Å². The predicted octanol–water partition coefficient (Wildman–Crippen LogP) is 0.790. The number of nitrogens with zero attached hydrogens (tertiary/aromatic N) is 1. The van der Waals surface area contributed by atoms with Gasteiger partial charge in [0.15, 0.2) is 0 Å². The van der Waals surface area contributed by atoms with Gasteiger partial charge in [0.1, 0.15) is 0 Å². The Labute approximate surface area is 54.7 Å². The molecule has 0 aliphatic carbocycles. The van der Waals surface area contributed by atoms with E-state index in [2.05, 4.69) is 16.7 Å². The molecule has 0 N–H and O–H groups in total. The fraction of sp³-hybridized carbons (Fsp3) is 1.00. The van der Waals surface area contributed by atoms with Crippen molar-refractivity contribution in [3.05, 3.63) is 0 Å². The summed E-state index contributed by atoms with van der Waals surface area (Å²) in [7, 11) is 0. The Bertz CT molecular complexity index is 26.7. The normalized spacial score (nSPS) is 9.67. The molecule has 35 valence electrons. The summed E-state index contributed by atoms with van der Waals surface area (Å²) in [6.45, 7) is 6.83. The van der Waals surface area contributed by atoms with Crippen LogP contribution in [0.4, 0.5) is 0 Å². The molecule has 0 aliphatic heterocycles. The Morgan fingerprint density at radius 3 is 1.67 bits per heavy atom. The van der Waals surface area contributed by atoms with Crippen LogP contribution >= 0.6 is 0 Å². The molecule has 0 amide bonds. The first kappa shape index (κ1) is 6.83. The van der Waals surface area contributed by atoms with E-state index in [1.807, 2.05) is 0 Å². The third kappa shape index (κ3) is 3.04. The van der Waals surface area contributed by atoms with Crippen molar-refractivity contribution in [3.8, 4) is 0 Å². The molecule has 0 radical (unpaired) electrons. The van der Waals surface area contributed by atoms with Crippen molar-refractivity contribution >= 4 is 0 Å². The summed E-state index contributed by atoms with van der Waals surface area (Å²) in [5.74, 6) is 0. The van der Waals surface area contributed by atoms with Crippen molar-refractivity contribution in [1.82, 2.24) is 2.89 Å². The first-order chi connectivity index (χ1) is 2.81. The van der Waals surface area contributed by atoms with Gasteiger partial charge in [-0.25, -0.2) is 0 Å². The molecule has 2 heteroatoms. The van der Waals surface area contributed by atoms with Gasteiger partial charge in [-0.2, -0.15) is 0 Å². The van der Waals surface area contributed by atoms with E-state index in [-0.39, 0.29) is 0 Å². The molecule has 0 rings (SSSR count). The van der Waals surface area contributed by atoms with E-state index in [0.29, 0.717) is 0 Å². The Morgan fingerprint density at radius 2 is 1.67 bits per heavy atom. The average molecular weight is 251 g/mol. The number of hydrogen-bond donors (Lipinski definition) is 0. The maximum atomic E-state index is 2.39. The zero-order valence-electron chi connectivity index (χ0n) is 4.36. The molecule has 0 atom stereocenters. The van der Waals surface area contributed by atoms with Gasteiger partial charge in [0, 0.05) is 0 Å². The Kier molecular flexibility index (Phi) is 4.56. The van der Waals surface area contributed by atoms with E-state index in [1.54, 1.807) is 0 Å². The molecule has 6 heavy (non-hydrogen) atoms. The molecule has 0 spiro atoms. The van der Waals surface area contributed by atoms with Crippen LogP contribution in [0.25, 0.3) is 0 Å². The Morgan fingerprint density at radius 1 is 1.33 bits per heavy atom. The molecule has 0 bridgehead atoms. The van der Waals surface area contributed by atoms with Gasteiger partial charge in [-0.15, -0.1) is 0 Å². The van der Waals surface area contributed by atoms with Crippen molar-refractivity contribution in [1.29, 1.82) is 0 Å². The quantitative estimate of drug-likeness (QED) is 0.655. The molecule has 1 nitrogen and oxygen atoms in total. The SMILES string of the molecule is CC[N]([Hf])CC. The van der Waals surface area contributed by atoms with E-state index in [1.165, 1.54) is 37.8 Å². The molecule has 0 heterocycles. The number of hydrogen-bond acceptors (Lipinski definition) is 1. The summed E-state index contributed by atoms with van der Waals surface area (Å²) in [4.78, 5) is 0. The van der Waals surface area contributed by atoms with Crippen LogP contribution in [0.15, 0.2) is 0 Å². The van der Waals surface area contributed by atoms with Crippen molar-refractivity contribution in [3.63, 3.8) is 0 Å². The van der Waals surface area contributed by atoms with E-state index in [9.17, 15) is 0 Å². The fourth-order valence-electron chi connectivity index (χ4n) is 0.224. The molecule has 0 aromatic carbocycles. The third-order valence-electron chi connectivity index (χ3n) is 0.763. The van der Waals surface area contributed by atoms with Crippen LogP contribution in [0.1, 0.15) is 13.8 Å². The van der Waals surface area contributed by atoms with E-state index in [0.717, 1.165) is 0 Å². The summed E-state index contributed by atoms with van der Waals surface area (Å²) < 4.78 is 2.39. The zero-order valence-corrected chi connectivity index (χ0v) is 7.95. The van der Waals surface area contributed by atoms with E-state index >= 15 is 0 Å². The average Bonchev–Trinajstić information content (AvgIpc) is 1.65. The first-order valence-corrected chi connectivity index (χ1v) is 3.88. The second-order valence-corrected chi connectivity index (χ2v) is 3.44. The topological polar surface area (TPSA) is 3.24 Å². The first-order valence-electron chi connectivity index (χ1n) is 2.27. The summed E-state index contributed by atoms with van der Waals surface area (Å²) in [6.07, 6.45) is 0. The zero-order chi connectivity index (χ0) is 4.99. The van der Waals surface area contributed by atoms with Crippen LogP contribution in [0.5, 0.6) is 0 Å². The van der Waals surface area contributed by atoms with Gasteiger partial charge in [-0.1, -0.05) is 0 Å². The second-order valence-electron chi connectivity index (χ2n) is 1.17. The molecule has 0 saturated heterocycles. The summed E-state index contributed by atoms with van der Waals surface area (Å²) in [6, 6.07) is 0. The van der Waals surface area contributed by atoms with Crippen LogP contribution in [-0.4, -0.2) is 16.0 Å². The molecular formula is C4H10HfN. The molecule has 0 aromatic rings. The van der Waals surface area contributed by atoms with Crippen LogP contribution in [0.3, 0.4) is 0 Å². The minimum absolute atomic E-state index is 1.22. The van der Waals surface area contributed by atoms with Crippen molar-refractivity contribution in [2.24, 2.45) is 0 Å². The molecule has 0 fully saturated rings. The Hall–Kier alpha value is 0.830. The minimum atomic E-state index is 1.22. The molecule has 0 aromatic heterocycles. The van der Waals surface area contributed by atoms with Crippen molar-refractivity contribution in [2.75, 3.05) is 13.1 Å². The third-order valence-corrected chi connectivity index (χ3v) is 3.04. The summed E-state index contributed by atoms with van der Waals surface area (Å²) in [5, 5.41) is 0. The Balaban J connectivity index is 2.75. The summed E-state index contributed by atoms with van der Waals surface area (Å²) >= 11 is 1.22. The fourth-order valence-corrected chi connectivity index (χ4v) is 0.224. The molecular weight excluding hydrogens is 241 g/mol. The van der Waals surface area contributed by atoms with Crippen molar-refractivity contribution < 1.29 is 24.7 Å².